The summed E-state index contributed by atoms with van der Waals surface area (Å²) < 4.78 is 32.3. The molecule has 0 saturated carbocycles. The zero-order chi connectivity index (χ0) is 18.6. The molecular weight excluding hydrogens is 340 g/mol. The van der Waals surface area contributed by atoms with E-state index >= 15 is 0 Å². The van der Waals surface area contributed by atoms with Crippen molar-refractivity contribution >= 4 is 5.91 Å². The highest BCUT2D eigenvalue weighted by Crippen LogP contribution is 2.25. The summed E-state index contributed by atoms with van der Waals surface area (Å²) in [6, 6.07) is 11.5. The lowest BCUT2D eigenvalue weighted by Crippen LogP contribution is -2.38. The Labute approximate surface area is 151 Å². The zero-order valence-corrected chi connectivity index (χ0v) is 14.3. The second kappa shape index (κ2) is 7.83. The van der Waals surface area contributed by atoms with Gasteiger partial charge in [-0.1, -0.05) is 12.1 Å². The van der Waals surface area contributed by atoms with Gasteiger partial charge in [0.05, 0.1) is 5.56 Å². The first-order valence-corrected chi connectivity index (χ1v) is 8.61. The molecule has 3 rings (SSSR count). The van der Waals surface area contributed by atoms with Crippen LogP contribution in [0.1, 0.15) is 29.6 Å². The molecule has 1 saturated heterocycles. The Hall–Kier alpha value is -2.47. The number of amides is 1. The maximum atomic E-state index is 13.8. The molecule has 0 aliphatic carbocycles. The lowest BCUT2D eigenvalue weighted by Gasteiger charge is -2.27. The van der Waals surface area contributed by atoms with Gasteiger partial charge in [-0.2, -0.15) is 0 Å². The highest BCUT2D eigenvalue weighted by molar-refractivity contribution is 5.94. The Bertz CT molecular complexity index is 766. The predicted octanol–water partition coefficient (Wildman–Crippen LogP) is 3.40. The van der Waals surface area contributed by atoms with Crippen LogP contribution in [0.25, 0.3) is 0 Å². The fourth-order valence-corrected chi connectivity index (χ4v) is 3.08. The molecule has 1 atom stereocenters. The third kappa shape index (κ3) is 4.38. The summed E-state index contributed by atoms with van der Waals surface area (Å²) in [7, 11) is 0. The van der Waals surface area contributed by atoms with E-state index in [0.29, 0.717) is 38.1 Å². The molecule has 138 valence electrons. The standard InChI is InChI=1S/C20H21F2NO3/c21-15-6-8-16(9-7-15)26-14-20(25)10-3-12-23(13-11-20)19(24)17-4-1-2-5-18(17)22/h1-2,4-9,25H,3,10-14H2. The van der Waals surface area contributed by atoms with Gasteiger partial charge in [0.1, 0.15) is 29.6 Å². The van der Waals surface area contributed by atoms with E-state index in [-0.39, 0.29) is 23.9 Å². The molecule has 6 heteroatoms. The molecule has 0 radical (unpaired) electrons. The third-order valence-electron chi connectivity index (χ3n) is 4.63. The lowest BCUT2D eigenvalue weighted by atomic mass is 9.96. The van der Waals surface area contributed by atoms with Crippen molar-refractivity contribution in [1.29, 1.82) is 0 Å². The number of hydrogen-bond donors (Lipinski definition) is 1. The van der Waals surface area contributed by atoms with Crippen molar-refractivity contribution in [3.8, 4) is 5.75 Å². The number of rotatable bonds is 4. The summed E-state index contributed by atoms with van der Waals surface area (Å²) in [6.07, 6.45) is 1.38. The molecule has 4 nitrogen and oxygen atoms in total. The summed E-state index contributed by atoms with van der Waals surface area (Å²) in [5.41, 5.74) is -1.04. The molecule has 0 bridgehead atoms. The van der Waals surface area contributed by atoms with Crippen molar-refractivity contribution < 1.29 is 23.4 Å². The number of aliphatic hydroxyl groups is 1. The molecule has 1 heterocycles. The quantitative estimate of drug-likeness (QED) is 0.908. The van der Waals surface area contributed by atoms with E-state index in [1.807, 2.05) is 0 Å². The van der Waals surface area contributed by atoms with Crippen molar-refractivity contribution in [3.05, 3.63) is 65.7 Å². The molecular formula is C20H21F2NO3. The van der Waals surface area contributed by atoms with E-state index < -0.39 is 11.4 Å². The molecule has 0 aromatic heterocycles. The molecule has 2 aromatic rings. The Morgan fingerprint density at radius 2 is 1.81 bits per heavy atom. The van der Waals surface area contributed by atoms with Gasteiger partial charge >= 0.3 is 0 Å². The van der Waals surface area contributed by atoms with Gasteiger partial charge in [-0.25, -0.2) is 8.78 Å². The first-order valence-electron chi connectivity index (χ1n) is 8.61. The fraction of sp³-hybridized carbons (Fsp3) is 0.350. The van der Waals surface area contributed by atoms with E-state index in [4.69, 9.17) is 4.74 Å². The molecule has 1 amide bonds. The SMILES string of the molecule is O=C(c1ccccc1F)N1CCCC(O)(COc2ccc(F)cc2)CC1. The van der Waals surface area contributed by atoms with Crippen molar-refractivity contribution in [2.75, 3.05) is 19.7 Å². The van der Waals surface area contributed by atoms with Gasteiger partial charge in [-0.3, -0.25) is 4.79 Å². The smallest absolute Gasteiger partial charge is 0.256 e. The minimum Gasteiger partial charge on any atom is -0.491 e. The second-order valence-corrected chi connectivity index (χ2v) is 6.59. The van der Waals surface area contributed by atoms with Crippen molar-refractivity contribution in [3.63, 3.8) is 0 Å². The van der Waals surface area contributed by atoms with Crippen LogP contribution in [0.3, 0.4) is 0 Å². The average Bonchev–Trinajstić information content (AvgIpc) is 2.83. The highest BCUT2D eigenvalue weighted by Gasteiger charge is 2.33. The summed E-state index contributed by atoms with van der Waals surface area (Å²) in [4.78, 5) is 14.1. The van der Waals surface area contributed by atoms with E-state index in [1.165, 1.54) is 36.4 Å². The summed E-state index contributed by atoms with van der Waals surface area (Å²) >= 11 is 0. The number of benzene rings is 2. The van der Waals surface area contributed by atoms with Crippen LogP contribution in [0.4, 0.5) is 8.78 Å². The van der Waals surface area contributed by atoms with Crippen molar-refractivity contribution in [2.45, 2.75) is 24.9 Å². The zero-order valence-electron chi connectivity index (χ0n) is 14.3. The lowest BCUT2D eigenvalue weighted by molar-refractivity contribution is -0.0163. The minimum atomic E-state index is -1.08. The van der Waals surface area contributed by atoms with E-state index in [2.05, 4.69) is 0 Å². The van der Waals surface area contributed by atoms with Gasteiger partial charge in [0, 0.05) is 13.1 Å². The van der Waals surface area contributed by atoms with Gasteiger partial charge in [-0.15, -0.1) is 0 Å². The molecule has 1 aliphatic heterocycles. The van der Waals surface area contributed by atoms with Gasteiger partial charge < -0.3 is 14.7 Å². The summed E-state index contributed by atoms with van der Waals surface area (Å²) in [5, 5.41) is 10.8. The topological polar surface area (TPSA) is 49.8 Å². The third-order valence-corrected chi connectivity index (χ3v) is 4.63. The maximum Gasteiger partial charge on any atom is 0.256 e. The van der Waals surface area contributed by atoms with Crippen LogP contribution < -0.4 is 4.74 Å². The Morgan fingerprint density at radius 3 is 2.54 bits per heavy atom. The number of halogens is 2. The number of carbonyl (C=O) groups is 1. The van der Waals surface area contributed by atoms with Gasteiger partial charge in [-0.05, 0) is 55.7 Å². The molecule has 0 spiro atoms. The van der Waals surface area contributed by atoms with Crippen LogP contribution in [0.2, 0.25) is 0 Å². The second-order valence-electron chi connectivity index (χ2n) is 6.59. The number of ether oxygens (including phenoxy) is 1. The van der Waals surface area contributed by atoms with Crippen LogP contribution in [0, 0.1) is 11.6 Å². The van der Waals surface area contributed by atoms with Crippen LogP contribution in [0.15, 0.2) is 48.5 Å². The van der Waals surface area contributed by atoms with Crippen LogP contribution in [0.5, 0.6) is 5.75 Å². The fourth-order valence-electron chi connectivity index (χ4n) is 3.08. The molecule has 26 heavy (non-hydrogen) atoms. The Kier molecular flexibility index (Phi) is 5.52. The molecule has 1 unspecified atom stereocenters. The average molecular weight is 361 g/mol. The molecule has 1 N–H and O–H groups in total. The first kappa shape index (κ1) is 18.3. The number of hydrogen-bond acceptors (Lipinski definition) is 3. The summed E-state index contributed by atoms with van der Waals surface area (Å²) in [5.74, 6) is -0.792. The molecule has 1 aliphatic rings. The largest absolute Gasteiger partial charge is 0.491 e. The van der Waals surface area contributed by atoms with Crippen LogP contribution in [-0.4, -0.2) is 41.2 Å². The molecule has 1 fully saturated rings. The Morgan fingerprint density at radius 1 is 1.08 bits per heavy atom. The van der Waals surface area contributed by atoms with Crippen molar-refractivity contribution in [2.24, 2.45) is 0 Å². The highest BCUT2D eigenvalue weighted by atomic mass is 19.1. The number of nitrogens with zero attached hydrogens (tertiary/aromatic N) is 1. The first-order chi connectivity index (χ1) is 12.5. The number of carbonyl (C=O) groups excluding carboxylic acids is 1. The normalized spacial score (nSPS) is 20.5. The summed E-state index contributed by atoms with van der Waals surface area (Å²) in [6.45, 7) is 0.822. The number of likely N-dealkylation sites (tertiary alicyclic amines) is 1. The van der Waals surface area contributed by atoms with Gasteiger partial charge in [0.25, 0.3) is 5.91 Å². The van der Waals surface area contributed by atoms with E-state index in [0.717, 1.165) is 0 Å². The van der Waals surface area contributed by atoms with Gasteiger partial charge in [0.15, 0.2) is 0 Å². The Balaban J connectivity index is 1.61. The van der Waals surface area contributed by atoms with Crippen LogP contribution in [-0.2, 0) is 0 Å². The monoisotopic (exact) mass is 361 g/mol. The maximum absolute atomic E-state index is 13.8. The predicted molar refractivity (Wildman–Crippen MR) is 93.0 cm³/mol. The minimum absolute atomic E-state index is 0.0421. The molecule has 2 aromatic carbocycles. The van der Waals surface area contributed by atoms with E-state index in [1.54, 1.807) is 17.0 Å². The van der Waals surface area contributed by atoms with Crippen molar-refractivity contribution in [1.82, 2.24) is 4.90 Å². The van der Waals surface area contributed by atoms with Crippen LogP contribution >= 0.6 is 0 Å². The van der Waals surface area contributed by atoms with Gasteiger partial charge in [0.2, 0.25) is 0 Å². The van der Waals surface area contributed by atoms with E-state index in [9.17, 15) is 18.7 Å².